The standard InChI is InChI=1S/C44H59N3O10/c1-26(16-21-37(48)54-5)32-19-20-33-30-18-17-28-24-29(56-42(52)47-46-39(49)31-14-10-11-15-35(31)53-4)22-23-43(28,2)34(30)25-36(44(32,33)3)57-41(51)45-38(40(50)55-6)27-12-8-7-9-13-27/h7-15,26,28-30,32-34,36,38H,16-25H2,1-6H3,(H,45,51)(H,46,49)(H,47,52)/t26-,28-,29-,30+,32-,33+,34+,36+,38+,43+,44-/m1/s1. The van der Waals surface area contributed by atoms with Crippen LogP contribution in [0.15, 0.2) is 54.6 Å². The number of para-hydroxylation sites is 1. The van der Waals surface area contributed by atoms with E-state index in [1.807, 2.05) is 6.07 Å². The molecule has 0 heterocycles. The van der Waals surface area contributed by atoms with Crippen LogP contribution >= 0.6 is 0 Å². The summed E-state index contributed by atoms with van der Waals surface area (Å²) in [6, 6.07) is 14.7. The molecule has 0 aliphatic heterocycles. The van der Waals surface area contributed by atoms with Crippen LogP contribution in [0.4, 0.5) is 9.59 Å². The van der Waals surface area contributed by atoms with Gasteiger partial charge in [0.1, 0.15) is 18.0 Å². The molecule has 4 saturated carbocycles. The van der Waals surface area contributed by atoms with Crippen molar-refractivity contribution in [1.82, 2.24) is 16.2 Å². The summed E-state index contributed by atoms with van der Waals surface area (Å²) < 4.78 is 27.7. The lowest BCUT2D eigenvalue weighted by molar-refractivity contribution is -0.175. The van der Waals surface area contributed by atoms with Crippen molar-refractivity contribution in [3.8, 4) is 5.75 Å². The average Bonchev–Trinajstić information content (AvgIpc) is 3.59. The summed E-state index contributed by atoms with van der Waals surface area (Å²) in [6.45, 7) is 6.86. The van der Waals surface area contributed by atoms with Gasteiger partial charge in [-0.2, -0.15) is 0 Å². The Hall–Kier alpha value is -4.81. The molecule has 0 bridgehead atoms. The van der Waals surface area contributed by atoms with E-state index in [2.05, 4.69) is 36.9 Å². The van der Waals surface area contributed by atoms with Gasteiger partial charge in [0.25, 0.3) is 5.91 Å². The maximum atomic E-state index is 14.0. The molecule has 0 saturated heterocycles. The van der Waals surface area contributed by atoms with Crippen molar-refractivity contribution >= 4 is 30.0 Å². The van der Waals surface area contributed by atoms with E-state index in [1.54, 1.807) is 48.5 Å². The largest absolute Gasteiger partial charge is 0.496 e. The normalized spacial score (nSPS) is 31.1. The van der Waals surface area contributed by atoms with Crippen LogP contribution in [0.5, 0.6) is 5.75 Å². The van der Waals surface area contributed by atoms with Gasteiger partial charge in [-0.3, -0.25) is 15.0 Å². The number of alkyl carbamates (subject to hydrolysis) is 1. The molecule has 3 N–H and O–H groups in total. The molecule has 4 fully saturated rings. The Kier molecular flexibility index (Phi) is 13.0. The maximum Gasteiger partial charge on any atom is 0.426 e. The predicted molar refractivity (Wildman–Crippen MR) is 209 cm³/mol. The van der Waals surface area contributed by atoms with Crippen molar-refractivity contribution in [3.63, 3.8) is 0 Å². The Morgan fingerprint density at radius 3 is 2.25 bits per heavy atom. The summed E-state index contributed by atoms with van der Waals surface area (Å²) in [7, 11) is 4.19. The van der Waals surface area contributed by atoms with Gasteiger partial charge in [0.2, 0.25) is 0 Å². The molecular formula is C44H59N3O10. The minimum absolute atomic E-state index is 0.0794. The van der Waals surface area contributed by atoms with Gasteiger partial charge in [0.15, 0.2) is 6.04 Å². The fourth-order valence-electron chi connectivity index (χ4n) is 11.6. The Labute approximate surface area is 335 Å². The summed E-state index contributed by atoms with van der Waals surface area (Å²) in [6.07, 6.45) is 5.79. The molecule has 2 aromatic carbocycles. The van der Waals surface area contributed by atoms with Gasteiger partial charge in [-0.15, -0.1) is 0 Å². The molecule has 0 radical (unpaired) electrons. The first-order chi connectivity index (χ1) is 27.3. The van der Waals surface area contributed by atoms with E-state index in [0.717, 1.165) is 32.1 Å². The van der Waals surface area contributed by atoms with E-state index in [-0.39, 0.29) is 52.1 Å². The second-order valence-electron chi connectivity index (χ2n) is 17.0. The Morgan fingerprint density at radius 1 is 0.789 bits per heavy atom. The van der Waals surface area contributed by atoms with E-state index in [1.165, 1.54) is 21.3 Å². The molecular weight excluding hydrogens is 730 g/mol. The van der Waals surface area contributed by atoms with Gasteiger partial charge in [0.05, 0.1) is 26.9 Å². The van der Waals surface area contributed by atoms with Crippen LogP contribution in [0.25, 0.3) is 0 Å². The zero-order valence-corrected chi connectivity index (χ0v) is 34.0. The minimum Gasteiger partial charge on any atom is -0.496 e. The van der Waals surface area contributed by atoms with E-state index >= 15 is 0 Å². The first-order valence-electron chi connectivity index (χ1n) is 20.4. The minimum atomic E-state index is -1.03. The summed E-state index contributed by atoms with van der Waals surface area (Å²) in [5.41, 5.74) is 5.29. The van der Waals surface area contributed by atoms with Crippen molar-refractivity contribution < 1.29 is 47.7 Å². The monoisotopic (exact) mass is 789 g/mol. The molecule has 13 nitrogen and oxygen atoms in total. The number of ether oxygens (including phenoxy) is 5. The highest BCUT2D eigenvalue weighted by Gasteiger charge is 2.65. The third-order valence-electron chi connectivity index (χ3n) is 14.5. The summed E-state index contributed by atoms with van der Waals surface area (Å²) in [4.78, 5) is 64.7. The average molecular weight is 790 g/mol. The highest BCUT2D eigenvalue weighted by molar-refractivity contribution is 5.97. The first-order valence-corrected chi connectivity index (χ1v) is 20.4. The zero-order valence-electron chi connectivity index (χ0n) is 34.0. The van der Waals surface area contributed by atoms with Crippen LogP contribution in [-0.4, -0.2) is 63.6 Å². The fraction of sp³-hybridized carbons (Fsp3) is 0.614. The van der Waals surface area contributed by atoms with Gasteiger partial charge >= 0.3 is 24.1 Å². The SMILES string of the molecule is COC(=O)CC[C@@H](C)[C@H]1CC[C@H]2[C@@H]3CC[C@@H]4C[C@H](OC(=O)NNC(=O)c5ccccc5OC)CC[C@]4(C)[C@H]3C[C@H](OC(=O)N[C@H](C(=O)OC)c3ccccc3)[C@]12C. The molecule has 11 atom stereocenters. The van der Waals surface area contributed by atoms with Crippen molar-refractivity contribution in [2.75, 3.05) is 21.3 Å². The van der Waals surface area contributed by atoms with Gasteiger partial charge in [-0.1, -0.05) is 63.2 Å². The molecule has 0 unspecified atom stereocenters. The van der Waals surface area contributed by atoms with Gasteiger partial charge in [-0.05, 0) is 116 Å². The molecule has 57 heavy (non-hydrogen) atoms. The molecule has 0 spiro atoms. The molecule has 6 rings (SSSR count). The zero-order chi connectivity index (χ0) is 40.9. The number of carbonyl (C=O) groups is 5. The van der Waals surface area contributed by atoms with E-state index in [4.69, 9.17) is 23.7 Å². The van der Waals surface area contributed by atoms with E-state index in [9.17, 15) is 24.0 Å². The molecule has 0 aromatic heterocycles. The smallest absolute Gasteiger partial charge is 0.426 e. The van der Waals surface area contributed by atoms with E-state index < -0.39 is 36.2 Å². The quantitative estimate of drug-likeness (QED) is 0.119. The van der Waals surface area contributed by atoms with Crippen LogP contribution in [0.3, 0.4) is 0 Å². The van der Waals surface area contributed by atoms with Crippen LogP contribution in [-0.2, 0) is 28.5 Å². The molecule has 2 aromatic rings. The number of methoxy groups -OCH3 is 3. The Balaban J connectivity index is 1.18. The fourth-order valence-corrected chi connectivity index (χ4v) is 11.6. The Morgan fingerprint density at radius 2 is 1.53 bits per heavy atom. The number of amides is 3. The number of esters is 2. The lowest BCUT2D eigenvalue weighted by atomic mass is 9.43. The predicted octanol–water partition coefficient (Wildman–Crippen LogP) is 7.30. The van der Waals surface area contributed by atoms with Crippen molar-refractivity contribution in [2.24, 2.45) is 46.3 Å². The summed E-state index contributed by atoms with van der Waals surface area (Å²) >= 11 is 0. The molecule has 4 aliphatic rings. The third-order valence-corrected chi connectivity index (χ3v) is 14.5. The lowest BCUT2D eigenvalue weighted by Crippen LogP contribution is -2.60. The van der Waals surface area contributed by atoms with Crippen LogP contribution < -0.4 is 20.9 Å². The van der Waals surface area contributed by atoms with Crippen LogP contribution in [0, 0.1) is 46.3 Å². The number of fused-ring (bicyclic) bond motifs is 5. The number of hydrogen-bond acceptors (Lipinski definition) is 10. The summed E-state index contributed by atoms with van der Waals surface area (Å²) in [5.74, 6) is 0.745. The van der Waals surface area contributed by atoms with E-state index in [0.29, 0.717) is 55.3 Å². The number of rotatable bonds is 11. The first kappa shape index (κ1) is 41.8. The Bertz CT molecular complexity index is 1770. The van der Waals surface area contributed by atoms with Crippen molar-refractivity contribution in [3.05, 3.63) is 65.7 Å². The number of benzene rings is 2. The number of carbonyl (C=O) groups excluding carboxylic acids is 5. The van der Waals surface area contributed by atoms with Gasteiger partial charge < -0.3 is 29.0 Å². The molecule has 3 amide bonds. The van der Waals surface area contributed by atoms with Crippen molar-refractivity contribution in [2.45, 2.75) is 103 Å². The number of hydrogen-bond donors (Lipinski definition) is 3. The second kappa shape index (κ2) is 17.8. The van der Waals surface area contributed by atoms with Gasteiger partial charge in [0, 0.05) is 11.8 Å². The molecule has 4 aliphatic carbocycles. The number of nitrogens with one attached hydrogen (secondary N) is 3. The van der Waals surface area contributed by atoms with Crippen LogP contribution in [0.1, 0.15) is 107 Å². The molecule has 310 valence electrons. The third kappa shape index (κ3) is 8.57. The molecule has 13 heteroatoms. The second-order valence-corrected chi connectivity index (χ2v) is 17.0. The topological polar surface area (TPSA) is 168 Å². The maximum absolute atomic E-state index is 14.0. The van der Waals surface area contributed by atoms with Gasteiger partial charge in [-0.25, -0.2) is 19.8 Å². The van der Waals surface area contributed by atoms with Crippen molar-refractivity contribution in [1.29, 1.82) is 0 Å². The summed E-state index contributed by atoms with van der Waals surface area (Å²) in [5, 5.41) is 2.83. The van der Waals surface area contributed by atoms with Crippen LogP contribution in [0.2, 0.25) is 0 Å². The highest BCUT2D eigenvalue weighted by Crippen LogP contribution is 2.69. The lowest BCUT2D eigenvalue weighted by Gasteiger charge is -2.62. The highest BCUT2D eigenvalue weighted by atomic mass is 16.6. The number of hydrazine groups is 1.